The monoisotopic (exact) mass is 521 g/mol. The van der Waals surface area contributed by atoms with Gasteiger partial charge in [0.05, 0.1) is 17.3 Å². The maximum Gasteiger partial charge on any atom is 0.274 e. The van der Waals surface area contributed by atoms with Crippen LogP contribution in [0.4, 0.5) is 0 Å². The molecular weight excluding hydrogens is 490 g/mol. The minimum absolute atomic E-state index is 0.0385. The number of carbonyl (C=O) groups excluding carboxylic acids is 1. The summed E-state index contributed by atoms with van der Waals surface area (Å²) in [6, 6.07) is 20.1. The number of benzene rings is 2. The van der Waals surface area contributed by atoms with Crippen molar-refractivity contribution in [3.05, 3.63) is 83.4 Å². The molecule has 5 aromatic rings. The summed E-state index contributed by atoms with van der Waals surface area (Å²) < 4.78 is 7.58. The van der Waals surface area contributed by atoms with E-state index in [0.717, 1.165) is 57.5 Å². The van der Waals surface area contributed by atoms with Crippen LogP contribution in [0.3, 0.4) is 0 Å². The maximum absolute atomic E-state index is 12.4. The molecule has 0 aliphatic carbocycles. The lowest BCUT2D eigenvalue weighted by atomic mass is 10.0. The molecule has 3 aromatic heterocycles. The molecule has 1 saturated heterocycles. The van der Waals surface area contributed by atoms with Crippen molar-refractivity contribution in [2.75, 3.05) is 33.3 Å². The lowest BCUT2D eigenvalue weighted by molar-refractivity contribution is -0.139. The molecule has 198 valence electrons. The summed E-state index contributed by atoms with van der Waals surface area (Å²) in [4.78, 5) is 36.5. The molecule has 0 radical (unpaired) electrons. The Bertz CT molecular complexity index is 1740. The number of pyridine rings is 2. The van der Waals surface area contributed by atoms with Crippen molar-refractivity contribution in [2.45, 2.75) is 13.0 Å². The lowest BCUT2D eigenvalue weighted by Gasteiger charge is -2.37. The van der Waals surface area contributed by atoms with Crippen molar-refractivity contribution in [3.63, 3.8) is 0 Å². The van der Waals surface area contributed by atoms with Crippen LogP contribution in [0.2, 0.25) is 0 Å². The molecular formula is C31H31N5O3. The highest BCUT2D eigenvalue weighted by Gasteiger charge is 2.28. The average molecular weight is 522 g/mol. The second kappa shape index (κ2) is 10.0. The molecule has 8 heteroatoms. The first kappa shape index (κ1) is 24.9. The van der Waals surface area contributed by atoms with Crippen LogP contribution < -0.4 is 10.3 Å². The second-order valence-corrected chi connectivity index (χ2v) is 10.2. The molecule has 8 nitrogen and oxygen atoms in total. The summed E-state index contributed by atoms with van der Waals surface area (Å²) in [6.07, 6.45) is 3.69. The summed E-state index contributed by atoms with van der Waals surface area (Å²) in [6.45, 7) is 4.81. The first-order chi connectivity index (χ1) is 18.9. The summed E-state index contributed by atoms with van der Waals surface area (Å²) in [7, 11) is 3.62. The van der Waals surface area contributed by atoms with E-state index in [2.05, 4.69) is 28.1 Å². The van der Waals surface area contributed by atoms with Crippen molar-refractivity contribution in [3.8, 4) is 28.1 Å². The zero-order valence-corrected chi connectivity index (χ0v) is 22.3. The van der Waals surface area contributed by atoms with Crippen LogP contribution in [-0.4, -0.2) is 69.6 Å². The van der Waals surface area contributed by atoms with Gasteiger partial charge in [0, 0.05) is 68.0 Å². The summed E-state index contributed by atoms with van der Waals surface area (Å²) in [5.41, 5.74) is 5.42. The summed E-state index contributed by atoms with van der Waals surface area (Å²) in [5.74, 6) is 0.959. The van der Waals surface area contributed by atoms with E-state index in [1.54, 1.807) is 22.7 Å². The van der Waals surface area contributed by atoms with Crippen LogP contribution >= 0.6 is 0 Å². The zero-order chi connectivity index (χ0) is 27.1. The van der Waals surface area contributed by atoms with E-state index >= 15 is 0 Å². The van der Waals surface area contributed by atoms with E-state index in [0.29, 0.717) is 18.7 Å². The van der Waals surface area contributed by atoms with Crippen molar-refractivity contribution in [1.82, 2.24) is 24.3 Å². The van der Waals surface area contributed by atoms with Gasteiger partial charge in [-0.15, -0.1) is 0 Å². The Morgan fingerprint density at radius 2 is 1.77 bits per heavy atom. The maximum atomic E-state index is 12.4. The SMILES string of the molecule is C[C@@H]1C(=O)N(C)CCN1CCOc1ccc(-c2ccc3cc(-c4cn(C)c(=O)c5[nH]ccc45)ccc3n2)cc1. The molecule has 0 saturated carbocycles. The third-order valence-electron chi connectivity index (χ3n) is 7.70. The number of H-pyrrole nitrogens is 1. The Kier molecular flexibility index (Phi) is 6.40. The van der Waals surface area contributed by atoms with Crippen LogP contribution in [0.15, 0.2) is 77.9 Å². The topological polar surface area (TPSA) is 83.5 Å². The van der Waals surface area contributed by atoms with Gasteiger partial charge >= 0.3 is 0 Å². The number of nitrogens with one attached hydrogen (secondary N) is 1. The van der Waals surface area contributed by atoms with Crippen molar-refractivity contribution >= 4 is 27.7 Å². The Morgan fingerprint density at radius 1 is 0.974 bits per heavy atom. The normalized spacial score (nSPS) is 16.3. The van der Waals surface area contributed by atoms with Crippen molar-refractivity contribution in [1.29, 1.82) is 0 Å². The molecule has 1 amide bonds. The molecule has 39 heavy (non-hydrogen) atoms. The van der Waals surface area contributed by atoms with Gasteiger partial charge in [0.25, 0.3) is 5.56 Å². The first-order valence-corrected chi connectivity index (χ1v) is 13.2. The molecule has 0 spiro atoms. The molecule has 2 aromatic carbocycles. The Hall–Kier alpha value is -4.43. The van der Waals surface area contributed by atoms with Gasteiger partial charge < -0.3 is 19.2 Å². The first-order valence-electron chi connectivity index (χ1n) is 13.2. The highest BCUT2D eigenvalue weighted by Crippen LogP contribution is 2.30. The lowest BCUT2D eigenvalue weighted by Crippen LogP contribution is -2.55. The van der Waals surface area contributed by atoms with Gasteiger partial charge in [-0.05, 0) is 61.0 Å². The van der Waals surface area contributed by atoms with E-state index in [4.69, 9.17) is 9.72 Å². The standard InChI is InChI=1S/C31H31N5O3/c1-20-30(37)34(2)14-15-36(20)16-17-39-24-8-4-21(5-9-24)27-11-7-23-18-22(6-10-28(23)33-27)26-19-35(3)31(38)29-25(26)12-13-32-29/h4-13,18-20,32H,14-17H2,1-3H3/t20-/m1/s1. The Labute approximate surface area is 226 Å². The molecule has 6 rings (SSSR count). The zero-order valence-electron chi connectivity index (χ0n) is 22.3. The highest BCUT2D eigenvalue weighted by atomic mass is 16.5. The van der Waals surface area contributed by atoms with Crippen molar-refractivity contribution < 1.29 is 9.53 Å². The Morgan fingerprint density at radius 3 is 2.59 bits per heavy atom. The molecule has 4 heterocycles. The van der Waals surface area contributed by atoms with E-state index < -0.39 is 0 Å². The van der Waals surface area contributed by atoms with E-state index in [-0.39, 0.29) is 17.5 Å². The van der Waals surface area contributed by atoms with E-state index in [1.807, 2.05) is 62.6 Å². The molecule has 0 unspecified atom stereocenters. The molecule has 1 fully saturated rings. The van der Waals surface area contributed by atoms with Crippen LogP contribution in [-0.2, 0) is 11.8 Å². The number of carbonyl (C=O) groups is 1. The summed E-state index contributed by atoms with van der Waals surface area (Å²) >= 11 is 0. The number of likely N-dealkylation sites (N-methyl/N-ethyl adjacent to an activating group) is 1. The number of nitrogens with zero attached hydrogens (tertiary/aromatic N) is 4. The van der Waals surface area contributed by atoms with Gasteiger partial charge in [0.15, 0.2) is 0 Å². The second-order valence-electron chi connectivity index (χ2n) is 10.2. The predicted octanol–water partition coefficient (Wildman–Crippen LogP) is 4.29. The minimum Gasteiger partial charge on any atom is -0.492 e. The number of amides is 1. The fraction of sp³-hybridized carbons (Fsp3) is 0.258. The van der Waals surface area contributed by atoms with E-state index in [9.17, 15) is 9.59 Å². The van der Waals surface area contributed by atoms with Gasteiger partial charge in [-0.25, -0.2) is 4.98 Å². The number of rotatable bonds is 6. The van der Waals surface area contributed by atoms with Crippen molar-refractivity contribution in [2.24, 2.45) is 7.05 Å². The fourth-order valence-corrected chi connectivity index (χ4v) is 5.32. The van der Waals surface area contributed by atoms with Crippen LogP contribution in [0.5, 0.6) is 5.75 Å². The van der Waals surface area contributed by atoms with Crippen LogP contribution in [0.1, 0.15) is 6.92 Å². The number of aromatic nitrogens is 3. The largest absolute Gasteiger partial charge is 0.492 e. The number of hydrogen-bond acceptors (Lipinski definition) is 5. The summed E-state index contributed by atoms with van der Waals surface area (Å²) in [5, 5.41) is 1.95. The third-order valence-corrected chi connectivity index (χ3v) is 7.70. The fourth-order valence-electron chi connectivity index (χ4n) is 5.32. The van der Waals surface area contributed by atoms with Gasteiger partial charge in [0.1, 0.15) is 17.9 Å². The average Bonchev–Trinajstić information content (AvgIpc) is 3.45. The van der Waals surface area contributed by atoms with Gasteiger partial charge in [-0.1, -0.05) is 12.1 Å². The molecule has 1 atom stereocenters. The number of piperazine rings is 1. The number of aromatic amines is 1. The number of hydrogen-bond donors (Lipinski definition) is 1. The van der Waals surface area contributed by atoms with Gasteiger partial charge in [0.2, 0.25) is 5.91 Å². The molecule has 1 N–H and O–H groups in total. The molecule has 1 aliphatic heterocycles. The van der Waals surface area contributed by atoms with Gasteiger partial charge in [-0.2, -0.15) is 0 Å². The number of fused-ring (bicyclic) bond motifs is 2. The van der Waals surface area contributed by atoms with Crippen LogP contribution in [0.25, 0.3) is 44.2 Å². The third kappa shape index (κ3) is 4.68. The van der Waals surface area contributed by atoms with E-state index in [1.165, 1.54) is 0 Å². The predicted molar refractivity (Wildman–Crippen MR) is 154 cm³/mol. The van der Waals surface area contributed by atoms with Gasteiger partial charge in [-0.3, -0.25) is 14.5 Å². The number of ether oxygens (including phenoxy) is 1. The van der Waals surface area contributed by atoms with Crippen LogP contribution in [0, 0.1) is 0 Å². The minimum atomic E-state index is -0.110. The number of aryl methyl sites for hydroxylation is 1. The molecule has 0 bridgehead atoms. The smallest absolute Gasteiger partial charge is 0.274 e. The highest BCUT2D eigenvalue weighted by molar-refractivity contribution is 5.97. The molecule has 1 aliphatic rings. The Balaban J connectivity index is 1.16. The quantitative estimate of drug-likeness (QED) is 0.361.